The molecule has 1 fully saturated rings. The maximum absolute atomic E-state index is 12.8. The standard InChI is InChI=1S/C24H30N2O6S/c1-31-19-7-4-8-21(13-19)33(29,30)26-22-10-9-20(32-23(22)15-27)14-24(28)25-18-11-16-5-2-3-6-17(16)12-18/h2-8,13,18,20,22-23,26-27H,9-12,14-15H2,1H3,(H,25,28)/t20-,22-,23+/m1/s1. The summed E-state index contributed by atoms with van der Waals surface area (Å²) in [4.78, 5) is 12.7. The highest BCUT2D eigenvalue weighted by Crippen LogP contribution is 2.26. The van der Waals surface area contributed by atoms with Gasteiger partial charge in [-0.25, -0.2) is 13.1 Å². The molecule has 8 nitrogen and oxygen atoms in total. The number of carbonyl (C=O) groups excluding carboxylic acids is 1. The summed E-state index contributed by atoms with van der Waals surface area (Å²) in [5, 5.41) is 12.9. The number of carbonyl (C=O) groups is 1. The molecule has 4 rings (SSSR count). The van der Waals surface area contributed by atoms with Gasteiger partial charge in [-0.15, -0.1) is 0 Å². The zero-order valence-electron chi connectivity index (χ0n) is 18.6. The van der Waals surface area contributed by atoms with Gasteiger partial charge in [-0.05, 0) is 48.9 Å². The second-order valence-corrected chi connectivity index (χ2v) is 10.3. The molecule has 2 aliphatic rings. The van der Waals surface area contributed by atoms with Crippen LogP contribution in [-0.4, -0.2) is 57.4 Å². The highest BCUT2D eigenvalue weighted by Gasteiger charge is 2.35. The van der Waals surface area contributed by atoms with Crippen molar-refractivity contribution in [2.75, 3.05) is 13.7 Å². The molecule has 0 bridgehead atoms. The first-order chi connectivity index (χ1) is 15.9. The van der Waals surface area contributed by atoms with Gasteiger partial charge in [0.1, 0.15) is 5.75 Å². The van der Waals surface area contributed by atoms with Crippen LogP contribution in [0.25, 0.3) is 0 Å². The number of sulfonamides is 1. The lowest BCUT2D eigenvalue weighted by molar-refractivity contribution is -0.131. The van der Waals surface area contributed by atoms with Gasteiger partial charge in [-0.3, -0.25) is 4.79 Å². The first kappa shape index (κ1) is 23.7. The van der Waals surface area contributed by atoms with Crippen LogP contribution in [0.5, 0.6) is 5.75 Å². The molecule has 2 aromatic carbocycles. The first-order valence-corrected chi connectivity index (χ1v) is 12.6. The van der Waals surface area contributed by atoms with E-state index in [0.29, 0.717) is 18.6 Å². The van der Waals surface area contributed by atoms with Gasteiger partial charge in [0.15, 0.2) is 0 Å². The summed E-state index contributed by atoms with van der Waals surface area (Å²) >= 11 is 0. The van der Waals surface area contributed by atoms with Crippen LogP contribution in [0.3, 0.4) is 0 Å². The summed E-state index contributed by atoms with van der Waals surface area (Å²) in [6, 6.07) is 13.9. The maximum atomic E-state index is 12.8. The third-order valence-corrected chi connectivity index (χ3v) is 7.77. The smallest absolute Gasteiger partial charge is 0.241 e. The molecule has 3 atom stereocenters. The molecule has 9 heteroatoms. The van der Waals surface area contributed by atoms with E-state index in [0.717, 1.165) is 12.8 Å². The van der Waals surface area contributed by atoms with E-state index in [1.165, 1.54) is 30.4 Å². The van der Waals surface area contributed by atoms with Gasteiger partial charge in [-0.2, -0.15) is 0 Å². The quantitative estimate of drug-likeness (QED) is 0.535. The van der Waals surface area contributed by atoms with Crippen molar-refractivity contribution in [2.45, 2.75) is 61.3 Å². The number of rotatable bonds is 8. The van der Waals surface area contributed by atoms with Gasteiger partial charge in [0.25, 0.3) is 0 Å². The topological polar surface area (TPSA) is 114 Å². The van der Waals surface area contributed by atoms with Gasteiger partial charge in [0.2, 0.25) is 15.9 Å². The Balaban J connectivity index is 1.30. The Hall–Kier alpha value is -2.46. The van der Waals surface area contributed by atoms with Crippen molar-refractivity contribution in [1.82, 2.24) is 10.0 Å². The van der Waals surface area contributed by atoms with Crippen LogP contribution in [0, 0.1) is 0 Å². The molecule has 1 saturated heterocycles. The Labute approximate surface area is 194 Å². The third kappa shape index (κ3) is 5.73. The zero-order valence-corrected chi connectivity index (χ0v) is 19.4. The number of methoxy groups -OCH3 is 1. The zero-order chi connectivity index (χ0) is 23.4. The van der Waals surface area contributed by atoms with Crippen molar-refractivity contribution in [3.63, 3.8) is 0 Å². The summed E-state index contributed by atoms with van der Waals surface area (Å²) in [6.45, 7) is -0.346. The Morgan fingerprint density at radius 3 is 2.52 bits per heavy atom. The Morgan fingerprint density at radius 1 is 1.12 bits per heavy atom. The molecule has 1 aliphatic heterocycles. The summed E-state index contributed by atoms with van der Waals surface area (Å²) in [5.74, 6) is 0.345. The summed E-state index contributed by atoms with van der Waals surface area (Å²) < 4.78 is 39.3. The Kier molecular flexibility index (Phi) is 7.33. The number of benzene rings is 2. The van der Waals surface area contributed by atoms with E-state index in [1.54, 1.807) is 12.1 Å². The molecule has 2 aromatic rings. The van der Waals surface area contributed by atoms with Crippen LogP contribution in [0.1, 0.15) is 30.4 Å². The number of amides is 1. The van der Waals surface area contributed by atoms with Gasteiger partial charge < -0.3 is 19.9 Å². The lowest BCUT2D eigenvalue weighted by Gasteiger charge is -2.35. The van der Waals surface area contributed by atoms with Gasteiger partial charge in [0.05, 0.1) is 43.3 Å². The molecule has 178 valence electrons. The first-order valence-electron chi connectivity index (χ1n) is 11.2. The molecule has 0 aromatic heterocycles. The van der Waals surface area contributed by atoms with E-state index < -0.39 is 22.2 Å². The normalized spacial score (nSPS) is 23.2. The van der Waals surface area contributed by atoms with Gasteiger partial charge >= 0.3 is 0 Å². The van der Waals surface area contributed by atoms with Crippen molar-refractivity contribution in [2.24, 2.45) is 0 Å². The highest BCUT2D eigenvalue weighted by molar-refractivity contribution is 7.89. The van der Waals surface area contributed by atoms with E-state index in [2.05, 4.69) is 22.2 Å². The summed E-state index contributed by atoms with van der Waals surface area (Å²) in [6.07, 6.45) is 1.69. The van der Waals surface area contributed by atoms with Crippen LogP contribution >= 0.6 is 0 Å². The highest BCUT2D eigenvalue weighted by atomic mass is 32.2. The summed E-state index contributed by atoms with van der Waals surface area (Å²) in [5.41, 5.74) is 2.53. The lowest BCUT2D eigenvalue weighted by Crippen LogP contribution is -2.51. The molecule has 1 aliphatic carbocycles. The fourth-order valence-electron chi connectivity index (χ4n) is 4.61. The van der Waals surface area contributed by atoms with Crippen LogP contribution in [0.4, 0.5) is 0 Å². The molecule has 3 N–H and O–H groups in total. The van der Waals surface area contributed by atoms with E-state index in [-0.39, 0.29) is 36.0 Å². The minimum Gasteiger partial charge on any atom is -0.497 e. The average molecular weight is 475 g/mol. The predicted molar refractivity (Wildman–Crippen MR) is 122 cm³/mol. The average Bonchev–Trinajstić information content (AvgIpc) is 3.22. The summed E-state index contributed by atoms with van der Waals surface area (Å²) in [7, 11) is -2.35. The number of hydrogen-bond acceptors (Lipinski definition) is 6. The van der Waals surface area contributed by atoms with Gasteiger partial charge in [0, 0.05) is 12.1 Å². The van der Waals surface area contributed by atoms with Crippen molar-refractivity contribution >= 4 is 15.9 Å². The lowest BCUT2D eigenvalue weighted by atomic mass is 9.97. The number of aliphatic hydroxyl groups excluding tert-OH is 1. The molecule has 1 amide bonds. The number of hydrogen-bond donors (Lipinski definition) is 3. The largest absolute Gasteiger partial charge is 0.497 e. The van der Waals surface area contributed by atoms with Crippen molar-refractivity contribution in [3.05, 3.63) is 59.7 Å². The van der Waals surface area contributed by atoms with Crippen LogP contribution in [0.2, 0.25) is 0 Å². The second kappa shape index (κ2) is 10.2. The van der Waals surface area contributed by atoms with Crippen molar-refractivity contribution < 1.29 is 27.8 Å². The predicted octanol–water partition coefficient (Wildman–Crippen LogP) is 1.56. The van der Waals surface area contributed by atoms with Crippen LogP contribution < -0.4 is 14.8 Å². The van der Waals surface area contributed by atoms with E-state index >= 15 is 0 Å². The van der Waals surface area contributed by atoms with Crippen molar-refractivity contribution in [1.29, 1.82) is 0 Å². The minimum atomic E-state index is -3.82. The van der Waals surface area contributed by atoms with E-state index in [1.807, 2.05) is 12.1 Å². The van der Waals surface area contributed by atoms with E-state index in [9.17, 15) is 18.3 Å². The van der Waals surface area contributed by atoms with Crippen LogP contribution in [0.15, 0.2) is 53.4 Å². The minimum absolute atomic E-state index is 0.0783. The Morgan fingerprint density at radius 2 is 1.85 bits per heavy atom. The molecular weight excluding hydrogens is 444 g/mol. The molecule has 0 radical (unpaired) electrons. The molecular formula is C24H30N2O6S. The number of ether oxygens (including phenoxy) is 2. The monoisotopic (exact) mass is 474 g/mol. The third-order valence-electron chi connectivity index (χ3n) is 6.28. The molecule has 0 saturated carbocycles. The SMILES string of the molecule is COc1cccc(S(=O)(=O)N[C@@H]2CC[C@H](CC(=O)NC3Cc4ccccc4C3)O[C@H]2CO)c1. The number of aliphatic hydroxyl groups is 1. The fourth-order valence-corrected chi connectivity index (χ4v) is 5.94. The fraction of sp³-hybridized carbons (Fsp3) is 0.458. The van der Waals surface area contributed by atoms with Crippen molar-refractivity contribution in [3.8, 4) is 5.75 Å². The van der Waals surface area contributed by atoms with E-state index in [4.69, 9.17) is 9.47 Å². The number of nitrogens with one attached hydrogen (secondary N) is 2. The molecule has 0 unspecified atom stereocenters. The van der Waals surface area contributed by atoms with Gasteiger partial charge in [-0.1, -0.05) is 30.3 Å². The second-order valence-electron chi connectivity index (χ2n) is 8.61. The Bertz CT molecular complexity index is 1060. The molecule has 0 spiro atoms. The van der Waals surface area contributed by atoms with Crippen LogP contribution in [-0.2, 0) is 32.4 Å². The molecule has 1 heterocycles. The molecule has 33 heavy (non-hydrogen) atoms. The maximum Gasteiger partial charge on any atom is 0.241 e. The number of fused-ring (bicyclic) bond motifs is 1.